The van der Waals surface area contributed by atoms with Crippen molar-refractivity contribution in [2.24, 2.45) is 0 Å². The van der Waals surface area contributed by atoms with Crippen molar-refractivity contribution in [2.45, 2.75) is 6.61 Å². The van der Waals surface area contributed by atoms with Crippen molar-refractivity contribution >= 4 is 33.2 Å². The first kappa shape index (κ1) is 14.7. The Kier molecular flexibility index (Phi) is 4.57. The quantitative estimate of drug-likeness (QED) is 0.585. The molecule has 0 amide bonds. The average Bonchev–Trinajstić information content (AvgIpc) is 2.38. The summed E-state index contributed by atoms with van der Waals surface area (Å²) in [5, 5.41) is 11.0. The van der Waals surface area contributed by atoms with Gasteiger partial charge in [0, 0.05) is 21.1 Å². The molecule has 20 heavy (non-hydrogen) atoms. The minimum absolute atomic E-state index is 0.0606. The molecule has 104 valence electrons. The second-order valence-electron chi connectivity index (χ2n) is 3.90. The number of benzene rings is 2. The molecule has 0 aliphatic carbocycles. The van der Waals surface area contributed by atoms with Gasteiger partial charge in [0.2, 0.25) is 0 Å². The highest BCUT2D eigenvalue weighted by molar-refractivity contribution is 9.10. The molecule has 0 saturated heterocycles. The summed E-state index contributed by atoms with van der Waals surface area (Å²) in [5.74, 6) is -0.845. The monoisotopic (exact) mass is 359 g/mol. The highest BCUT2D eigenvalue weighted by Crippen LogP contribution is 2.26. The van der Waals surface area contributed by atoms with Crippen molar-refractivity contribution in [3.05, 3.63) is 67.4 Å². The Morgan fingerprint density at radius 3 is 2.65 bits per heavy atom. The smallest absolute Gasteiger partial charge is 0.272 e. The number of rotatable bonds is 4. The van der Waals surface area contributed by atoms with Gasteiger partial charge in [-0.2, -0.15) is 0 Å². The van der Waals surface area contributed by atoms with Crippen molar-refractivity contribution in [1.82, 2.24) is 0 Å². The Bertz CT molecular complexity index is 666. The van der Waals surface area contributed by atoms with Crippen LogP contribution < -0.4 is 4.74 Å². The molecule has 0 saturated carbocycles. The van der Waals surface area contributed by atoms with Gasteiger partial charge in [0.15, 0.2) is 11.6 Å². The molecule has 0 radical (unpaired) electrons. The van der Waals surface area contributed by atoms with Gasteiger partial charge >= 0.3 is 0 Å². The van der Waals surface area contributed by atoms with Gasteiger partial charge < -0.3 is 4.74 Å². The molecule has 0 N–H and O–H groups in total. The molecule has 2 rings (SSSR count). The maximum Gasteiger partial charge on any atom is 0.272 e. The first-order chi connectivity index (χ1) is 9.47. The minimum Gasteiger partial charge on any atom is -0.486 e. The van der Waals surface area contributed by atoms with Gasteiger partial charge in [-0.1, -0.05) is 33.6 Å². The number of nitrogens with zero attached hydrogens (tertiary/aromatic N) is 1. The van der Waals surface area contributed by atoms with Crippen molar-refractivity contribution in [1.29, 1.82) is 0 Å². The van der Waals surface area contributed by atoms with Crippen LogP contribution in [0.1, 0.15) is 5.56 Å². The molecule has 0 bridgehead atoms. The van der Waals surface area contributed by atoms with Crippen LogP contribution in [-0.2, 0) is 6.61 Å². The van der Waals surface area contributed by atoms with Gasteiger partial charge in [-0.15, -0.1) is 0 Å². The van der Waals surface area contributed by atoms with E-state index in [4.69, 9.17) is 16.3 Å². The predicted molar refractivity (Wildman–Crippen MR) is 76.5 cm³/mol. The SMILES string of the molecule is O=[N+]([O-])c1ccc(OCc2ccc(Br)cc2Cl)c(F)c1. The highest BCUT2D eigenvalue weighted by Gasteiger charge is 2.12. The summed E-state index contributed by atoms with van der Waals surface area (Å²) in [5.41, 5.74) is 0.365. The van der Waals surface area contributed by atoms with Crippen LogP contribution in [0.25, 0.3) is 0 Å². The van der Waals surface area contributed by atoms with Crippen LogP contribution in [0.3, 0.4) is 0 Å². The first-order valence-electron chi connectivity index (χ1n) is 5.48. The molecule has 7 heteroatoms. The van der Waals surface area contributed by atoms with Crippen molar-refractivity contribution in [2.75, 3.05) is 0 Å². The van der Waals surface area contributed by atoms with Gasteiger partial charge in [-0.3, -0.25) is 10.1 Å². The molecule has 0 aliphatic heterocycles. The summed E-state index contributed by atoms with van der Waals surface area (Å²) in [6.45, 7) is 0.0703. The normalized spacial score (nSPS) is 10.3. The topological polar surface area (TPSA) is 52.4 Å². The zero-order valence-electron chi connectivity index (χ0n) is 9.98. The van der Waals surface area contributed by atoms with E-state index in [0.717, 1.165) is 10.5 Å². The Labute approximate surface area is 127 Å². The fourth-order valence-electron chi connectivity index (χ4n) is 1.51. The summed E-state index contributed by atoms with van der Waals surface area (Å²) < 4.78 is 19.7. The largest absolute Gasteiger partial charge is 0.486 e. The van der Waals surface area contributed by atoms with Gasteiger partial charge in [-0.05, 0) is 18.2 Å². The number of non-ortho nitro benzene ring substituents is 1. The van der Waals surface area contributed by atoms with Crippen LogP contribution >= 0.6 is 27.5 Å². The highest BCUT2D eigenvalue weighted by atomic mass is 79.9. The lowest BCUT2D eigenvalue weighted by Crippen LogP contribution is -1.99. The number of ether oxygens (including phenoxy) is 1. The zero-order chi connectivity index (χ0) is 14.7. The van der Waals surface area contributed by atoms with E-state index in [-0.39, 0.29) is 18.0 Å². The number of halogens is 3. The zero-order valence-corrected chi connectivity index (χ0v) is 12.3. The Balaban J connectivity index is 2.13. The number of nitro benzene ring substituents is 1. The Morgan fingerprint density at radius 1 is 1.30 bits per heavy atom. The Hall–Kier alpha value is -1.66. The van der Waals surface area contributed by atoms with E-state index in [1.165, 1.54) is 12.1 Å². The van der Waals surface area contributed by atoms with Crippen LogP contribution in [0.15, 0.2) is 40.9 Å². The fraction of sp³-hybridized carbons (Fsp3) is 0.0769. The van der Waals surface area contributed by atoms with E-state index in [1.807, 2.05) is 0 Å². The number of nitro groups is 1. The lowest BCUT2D eigenvalue weighted by atomic mass is 10.2. The van der Waals surface area contributed by atoms with Gasteiger partial charge in [-0.25, -0.2) is 4.39 Å². The third-order valence-electron chi connectivity index (χ3n) is 2.52. The van der Waals surface area contributed by atoms with E-state index >= 15 is 0 Å². The molecule has 0 spiro atoms. The first-order valence-corrected chi connectivity index (χ1v) is 6.65. The molecule has 2 aromatic carbocycles. The van der Waals surface area contributed by atoms with E-state index in [2.05, 4.69) is 15.9 Å². The summed E-state index contributed by atoms with van der Waals surface area (Å²) in [6.07, 6.45) is 0. The van der Waals surface area contributed by atoms with E-state index in [0.29, 0.717) is 10.6 Å². The van der Waals surface area contributed by atoms with Gasteiger partial charge in [0.05, 0.1) is 11.0 Å². The Morgan fingerprint density at radius 2 is 2.05 bits per heavy atom. The van der Waals surface area contributed by atoms with Crippen molar-refractivity contribution < 1.29 is 14.1 Å². The molecule has 0 fully saturated rings. The molecule has 4 nitrogen and oxygen atoms in total. The number of hydrogen-bond acceptors (Lipinski definition) is 3. The van der Waals surface area contributed by atoms with Crippen LogP contribution in [-0.4, -0.2) is 4.92 Å². The van der Waals surface area contributed by atoms with E-state index in [1.54, 1.807) is 18.2 Å². The van der Waals surface area contributed by atoms with Crippen LogP contribution in [0.4, 0.5) is 10.1 Å². The minimum atomic E-state index is -0.785. The van der Waals surface area contributed by atoms with E-state index < -0.39 is 10.7 Å². The molecular weight excluding hydrogens is 353 g/mol. The molecule has 2 aromatic rings. The maximum absolute atomic E-state index is 13.6. The molecule has 0 unspecified atom stereocenters. The summed E-state index contributed by atoms with van der Waals surface area (Å²) in [6, 6.07) is 8.46. The van der Waals surface area contributed by atoms with Crippen LogP contribution in [0.5, 0.6) is 5.75 Å². The van der Waals surface area contributed by atoms with Crippen LogP contribution in [0, 0.1) is 15.9 Å². The standard InChI is InChI=1S/C13H8BrClFNO3/c14-9-2-1-8(11(15)5-9)7-20-13-4-3-10(17(18)19)6-12(13)16/h1-6H,7H2. The van der Waals surface area contributed by atoms with Crippen LogP contribution in [0.2, 0.25) is 5.02 Å². The molecular formula is C13H8BrClFNO3. The average molecular weight is 361 g/mol. The predicted octanol–water partition coefficient (Wildman–Crippen LogP) is 4.73. The fourth-order valence-corrected chi connectivity index (χ4v) is 2.24. The van der Waals surface area contributed by atoms with E-state index in [9.17, 15) is 14.5 Å². The molecule has 0 atom stereocenters. The molecule has 0 heterocycles. The molecule has 0 aliphatic rings. The van der Waals surface area contributed by atoms with Gasteiger partial charge in [0.25, 0.3) is 5.69 Å². The van der Waals surface area contributed by atoms with Crippen molar-refractivity contribution in [3.63, 3.8) is 0 Å². The van der Waals surface area contributed by atoms with Gasteiger partial charge in [0.1, 0.15) is 6.61 Å². The molecule has 0 aromatic heterocycles. The lowest BCUT2D eigenvalue weighted by Gasteiger charge is -2.08. The second kappa shape index (κ2) is 6.19. The maximum atomic E-state index is 13.6. The third kappa shape index (κ3) is 3.46. The number of hydrogen-bond donors (Lipinski definition) is 0. The summed E-state index contributed by atoms with van der Waals surface area (Å²) >= 11 is 9.29. The second-order valence-corrected chi connectivity index (χ2v) is 5.22. The summed E-state index contributed by atoms with van der Waals surface area (Å²) in [7, 11) is 0. The van der Waals surface area contributed by atoms with Crippen molar-refractivity contribution in [3.8, 4) is 5.75 Å². The lowest BCUT2D eigenvalue weighted by molar-refractivity contribution is -0.385. The third-order valence-corrected chi connectivity index (χ3v) is 3.37. The summed E-state index contributed by atoms with van der Waals surface area (Å²) in [4.78, 5) is 9.83.